The van der Waals surface area contributed by atoms with E-state index in [1.165, 1.54) is 10.6 Å². The zero-order chi connectivity index (χ0) is 16.6. The number of hydrogen-bond donors (Lipinski definition) is 0. The monoisotopic (exact) mass is 350 g/mol. The van der Waals surface area contributed by atoms with Crippen molar-refractivity contribution in [1.82, 2.24) is 0 Å². The predicted octanol–water partition coefficient (Wildman–Crippen LogP) is 3.08. The number of pyridine rings is 1. The number of nitrogens with zero attached hydrogens (tertiary/aromatic N) is 1. The van der Waals surface area contributed by atoms with Crippen molar-refractivity contribution in [3.8, 4) is 0 Å². The van der Waals surface area contributed by atoms with E-state index in [1.54, 1.807) is 0 Å². The summed E-state index contributed by atoms with van der Waals surface area (Å²) in [7, 11) is 0. The minimum Gasteiger partial charge on any atom is -0.402 e. The van der Waals surface area contributed by atoms with Gasteiger partial charge in [-0.05, 0) is 16.7 Å². The maximum atomic E-state index is 6.40. The van der Waals surface area contributed by atoms with Crippen molar-refractivity contribution in [2.45, 2.75) is 6.92 Å². The van der Waals surface area contributed by atoms with Crippen LogP contribution in [0.5, 0.6) is 0 Å². The summed E-state index contributed by atoms with van der Waals surface area (Å²) in [5, 5.41) is 2.35. The molecule has 0 aliphatic carbocycles. The number of benzene rings is 2. The lowest BCUT2D eigenvalue weighted by Gasteiger charge is -2.18. The first-order chi connectivity index (χ1) is 11.7. The molecule has 4 heteroatoms. The maximum absolute atomic E-state index is 6.40. The minimum absolute atomic E-state index is 0.825. The summed E-state index contributed by atoms with van der Waals surface area (Å²) < 4.78 is 8.12. The standard InChI is InChI=1S/C20H17NOPS/c1-16-20(21-15-9-8-14-19(21)22-16)23(24,17-10-4-2-5-11-17)18-12-6-3-7-13-18/h2-15H,1H3/q+1. The number of oxazole rings is 1. The van der Waals surface area contributed by atoms with Crippen LogP contribution >= 0.6 is 6.04 Å². The SMILES string of the molecule is Cc1oc2cccc[n+]2c1P(=S)(c1ccccc1)c1ccccc1. The summed E-state index contributed by atoms with van der Waals surface area (Å²) in [6, 6.07) is 24.6. The Morgan fingerprint density at radius 2 is 1.33 bits per heavy atom. The van der Waals surface area contributed by atoms with Gasteiger partial charge in [-0.3, -0.25) is 0 Å². The van der Waals surface area contributed by atoms with E-state index in [0.717, 1.165) is 16.9 Å². The van der Waals surface area contributed by atoms with Crippen LogP contribution in [0.15, 0.2) is 89.5 Å². The molecule has 24 heavy (non-hydrogen) atoms. The van der Waals surface area contributed by atoms with Gasteiger partial charge in [0.15, 0.2) is 12.0 Å². The molecule has 0 unspecified atom stereocenters. The molecule has 0 bridgehead atoms. The van der Waals surface area contributed by atoms with Crippen molar-refractivity contribution in [2.24, 2.45) is 0 Å². The Labute approximate surface area is 146 Å². The number of fused-ring (bicyclic) bond motifs is 1. The smallest absolute Gasteiger partial charge is 0.379 e. The largest absolute Gasteiger partial charge is 0.402 e. The third kappa shape index (κ3) is 2.32. The van der Waals surface area contributed by atoms with Crippen LogP contribution in [0.4, 0.5) is 0 Å². The van der Waals surface area contributed by atoms with Gasteiger partial charge in [-0.25, -0.2) is 0 Å². The third-order valence-electron chi connectivity index (χ3n) is 4.16. The first-order valence-corrected chi connectivity index (χ1v) is 10.6. The Morgan fingerprint density at radius 3 is 1.92 bits per heavy atom. The lowest BCUT2D eigenvalue weighted by molar-refractivity contribution is -0.493. The molecule has 0 spiro atoms. The van der Waals surface area contributed by atoms with Crippen LogP contribution in [0, 0.1) is 6.92 Å². The molecule has 0 aliphatic rings. The quantitative estimate of drug-likeness (QED) is 0.417. The molecule has 0 saturated heterocycles. The van der Waals surface area contributed by atoms with E-state index < -0.39 is 6.04 Å². The van der Waals surface area contributed by atoms with Crippen molar-refractivity contribution in [3.63, 3.8) is 0 Å². The van der Waals surface area contributed by atoms with Crippen molar-refractivity contribution < 1.29 is 8.82 Å². The van der Waals surface area contributed by atoms with Crippen LogP contribution in [0.25, 0.3) is 5.71 Å². The average molecular weight is 350 g/mol. The fourth-order valence-electron chi connectivity index (χ4n) is 3.10. The molecule has 2 aromatic carbocycles. The molecular weight excluding hydrogens is 333 g/mol. The van der Waals surface area contributed by atoms with Gasteiger partial charge in [0, 0.05) is 13.0 Å². The molecule has 4 aromatic rings. The third-order valence-corrected chi connectivity index (χ3v) is 9.12. The molecule has 4 rings (SSSR count). The van der Waals surface area contributed by atoms with Crippen LogP contribution in [0.1, 0.15) is 5.76 Å². The number of rotatable bonds is 3. The summed E-state index contributed by atoms with van der Waals surface area (Å²) in [6.45, 7) is 2.01. The molecule has 0 radical (unpaired) electrons. The fraction of sp³-hybridized carbons (Fsp3) is 0.0500. The predicted molar refractivity (Wildman–Crippen MR) is 103 cm³/mol. The molecule has 0 aliphatic heterocycles. The van der Waals surface area contributed by atoms with Gasteiger partial charge in [-0.1, -0.05) is 72.5 Å². The van der Waals surface area contributed by atoms with Gasteiger partial charge in [0.25, 0.3) is 5.44 Å². The highest BCUT2D eigenvalue weighted by Gasteiger charge is 2.37. The summed E-state index contributed by atoms with van der Waals surface area (Å²) in [4.78, 5) is 0. The highest BCUT2D eigenvalue weighted by molar-refractivity contribution is 8.25. The highest BCUT2D eigenvalue weighted by atomic mass is 32.4. The molecule has 118 valence electrons. The van der Waals surface area contributed by atoms with Gasteiger partial charge in [0.1, 0.15) is 6.04 Å². The fourth-order valence-corrected chi connectivity index (χ4v) is 7.41. The lowest BCUT2D eigenvalue weighted by Crippen LogP contribution is -2.42. The van der Waals surface area contributed by atoms with Crippen LogP contribution in [0.2, 0.25) is 0 Å². The molecule has 0 fully saturated rings. The van der Waals surface area contributed by atoms with Crippen molar-refractivity contribution in [2.75, 3.05) is 0 Å². The molecular formula is C20H17NOPS+. The first-order valence-electron chi connectivity index (χ1n) is 7.83. The van der Waals surface area contributed by atoms with Gasteiger partial charge in [0.05, 0.1) is 6.07 Å². The Kier molecular flexibility index (Phi) is 3.84. The van der Waals surface area contributed by atoms with Gasteiger partial charge in [-0.15, -0.1) is 4.40 Å². The van der Waals surface area contributed by atoms with Crippen LogP contribution < -0.4 is 20.4 Å². The number of hydrogen-bond acceptors (Lipinski definition) is 2. The molecule has 0 saturated carbocycles. The van der Waals surface area contributed by atoms with Gasteiger partial charge in [-0.2, -0.15) is 0 Å². The van der Waals surface area contributed by atoms with Crippen molar-refractivity contribution in [3.05, 3.63) is 90.8 Å². The Balaban J connectivity index is 2.11. The summed E-state index contributed by atoms with van der Waals surface area (Å²) in [5.74, 6) is 0.886. The molecule has 0 amide bonds. The van der Waals surface area contributed by atoms with E-state index in [0.29, 0.717) is 0 Å². The molecule has 0 atom stereocenters. The second kappa shape index (κ2) is 6.01. The number of aromatic nitrogens is 1. The zero-order valence-electron chi connectivity index (χ0n) is 13.3. The average Bonchev–Trinajstić information content (AvgIpc) is 2.99. The van der Waals surface area contributed by atoms with Crippen molar-refractivity contribution in [1.29, 1.82) is 0 Å². The summed E-state index contributed by atoms with van der Waals surface area (Å²) >= 11 is 6.40. The van der Waals surface area contributed by atoms with Gasteiger partial charge >= 0.3 is 5.71 Å². The first kappa shape index (κ1) is 15.3. The van der Waals surface area contributed by atoms with Crippen molar-refractivity contribution >= 4 is 39.6 Å². The highest BCUT2D eigenvalue weighted by Crippen LogP contribution is 2.42. The summed E-state index contributed by atoms with van der Waals surface area (Å²) in [5.41, 5.74) is 1.91. The van der Waals surface area contributed by atoms with E-state index >= 15 is 0 Å². The zero-order valence-corrected chi connectivity index (χ0v) is 15.0. The van der Waals surface area contributed by atoms with Crippen LogP contribution in [-0.2, 0) is 11.8 Å². The van der Waals surface area contributed by atoms with E-state index in [2.05, 4.69) is 52.9 Å². The Hall–Kier alpha value is -2.22. The van der Waals surface area contributed by atoms with Crippen LogP contribution in [-0.4, -0.2) is 0 Å². The molecule has 2 aromatic heterocycles. The van der Waals surface area contributed by atoms with Gasteiger partial charge < -0.3 is 4.42 Å². The molecule has 2 heterocycles. The Morgan fingerprint density at radius 1 is 0.792 bits per heavy atom. The van der Waals surface area contributed by atoms with Crippen LogP contribution in [0.3, 0.4) is 0 Å². The van der Waals surface area contributed by atoms with E-state index in [-0.39, 0.29) is 0 Å². The lowest BCUT2D eigenvalue weighted by atomic mass is 10.4. The van der Waals surface area contributed by atoms with Gasteiger partial charge in [0.2, 0.25) is 0 Å². The Bertz CT molecular complexity index is 998. The van der Waals surface area contributed by atoms with E-state index in [1.807, 2.05) is 43.5 Å². The van der Waals surface area contributed by atoms with E-state index in [4.69, 9.17) is 16.2 Å². The normalized spacial score (nSPS) is 11.7. The minimum atomic E-state index is -2.21. The second-order valence-corrected chi connectivity index (χ2v) is 9.99. The van der Waals surface area contributed by atoms with E-state index in [9.17, 15) is 0 Å². The number of aryl methyl sites for hydroxylation is 1. The topological polar surface area (TPSA) is 17.2 Å². The maximum Gasteiger partial charge on any atom is 0.379 e. The molecule has 2 nitrogen and oxygen atoms in total. The summed E-state index contributed by atoms with van der Waals surface area (Å²) in [6.07, 6.45) is 2.04. The second-order valence-electron chi connectivity index (χ2n) is 5.67. The molecule has 0 N–H and O–H groups in total.